The summed E-state index contributed by atoms with van der Waals surface area (Å²) in [6, 6.07) is 10.3. The molecule has 0 aliphatic carbocycles. The van der Waals surface area contributed by atoms with E-state index in [4.69, 9.17) is 4.74 Å². The second-order valence-corrected chi connectivity index (χ2v) is 6.12. The van der Waals surface area contributed by atoms with Crippen molar-refractivity contribution < 1.29 is 4.74 Å². The van der Waals surface area contributed by atoms with Crippen LogP contribution in [-0.4, -0.2) is 6.61 Å². The summed E-state index contributed by atoms with van der Waals surface area (Å²) in [6.45, 7) is 6.99. The molecule has 0 N–H and O–H groups in total. The molecular weight excluding hydrogens is 268 g/mol. The van der Waals surface area contributed by atoms with E-state index >= 15 is 0 Å². The van der Waals surface area contributed by atoms with Crippen molar-refractivity contribution in [1.29, 1.82) is 0 Å². The minimum absolute atomic E-state index is 0.0414. The van der Waals surface area contributed by atoms with Crippen molar-refractivity contribution in [1.82, 2.24) is 0 Å². The molecule has 1 heteroatoms. The van der Waals surface area contributed by atoms with E-state index in [0.717, 1.165) is 13.0 Å². The Hall–Kier alpha value is -1.08. The third-order valence-electron chi connectivity index (χ3n) is 4.14. The molecule has 1 atom stereocenters. The summed E-state index contributed by atoms with van der Waals surface area (Å²) in [5.74, 6) is 0. The number of hydrogen-bond donors (Lipinski definition) is 0. The third kappa shape index (κ3) is 9.04. The van der Waals surface area contributed by atoms with Crippen LogP contribution in [0.3, 0.4) is 0 Å². The van der Waals surface area contributed by atoms with E-state index < -0.39 is 0 Å². The molecule has 1 rings (SSSR count). The molecule has 1 aromatic carbocycles. The van der Waals surface area contributed by atoms with Gasteiger partial charge in [0.05, 0.1) is 0 Å². The van der Waals surface area contributed by atoms with Crippen LogP contribution < -0.4 is 0 Å². The SMILES string of the molecule is C=CC(OCCCCCCCCCCCC)c1ccccc1. The van der Waals surface area contributed by atoms with Gasteiger partial charge < -0.3 is 4.74 Å². The van der Waals surface area contributed by atoms with Crippen LogP contribution in [0.15, 0.2) is 43.0 Å². The van der Waals surface area contributed by atoms with Crippen LogP contribution in [0, 0.1) is 0 Å². The number of hydrogen-bond acceptors (Lipinski definition) is 1. The van der Waals surface area contributed by atoms with Crippen LogP contribution in [0.5, 0.6) is 0 Å². The first-order valence-corrected chi connectivity index (χ1v) is 9.17. The first kappa shape index (κ1) is 19.0. The molecule has 0 spiro atoms. The lowest BCUT2D eigenvalue weighted by Crippen LogP contribution is -2.02. The molecule has 1 aromatic rings. The fraction of sp³-hybridized carbons (Fsp3) is 0.619. The first-order chi connectivity index (χ1) is 10.9. The Morgan fingerprint density at radius 1 is 0.864 bits per heavy atom. The van der Waals surface area contributed by atoms with Gasteiger partial charge in [0.25, 0.3) is 0 Å². The lowest BCUT2D eigenvalue weighted by molar-refractivity contribution is 0.0821. The summed E-state index contributed by atoms with van der Waals surface area (Å²) < 4.78 is 5.93. The molecule has 0 aromatic heterocycles. The number of benzene rings is 1. The lowest BCUT2D eigenvalue weighted by Gasteiger charge is -2.14. The number of ether oxygens (including phenoxy) is 1. The van der Waals surface area contributed by atoms with Gasteiger partial charge in [-0.05, 0) is 12.0 Å². The maximum absolute atomic E-state index is 5.93. The molecule has 0 saturated heterocycles. The van der Waals surface area contributed by atoms with Gasteiger partial charge in [-0.15, -0.1) is 6.58 Å². The highest BCUT2D eigenvalue weighted by atomic mass is 16.5. The Labute approximate surface area is 137 Å². The van der Waals surface area contributed by atoms with Gasteiger partial charge in [0, 0.05) is 6.61 Å². The largest absolute Gasteiger partial charge is 0.369 e. The van der Waals surface area contributed by atoms with E-state index in [0.29, 0.717) is 0 Å². The van der Waals surface area contributed by atoms with Gasteiger partial charge >= 0.3 is 0 Å². The normalized spacial score (nSPS) is 12.2. The lowest BCUT2D eigenvalue weighted by atomic mass is 10.1. The van der Waals surface area contributed by atoms with Crippen LogP contribution in [0.2, 0.25) is 0 Å². The highest BCUT2D eigenvalue weighted by Gasteiger charge is 2.06. The van der Waals surface area contributed by atoms with E-state index in [1.807, 2.05) is 12.1 Å². The van der Waals surface area contributed by atoms with E-state index in [1.54, 1.807) is 0 Å². The molecule has 1 unspecified atom stereocenters. The monoisotopic (exact) mass is 302 g/mol. The van der Waals surface area contributed by atoms with Crippen molar-refractivity contribution in [2.45, 2.75) is 77.2 Å². The Morgan fingerprint density at radius 3 is 1.95 bits per heavy atom. The summed E-state index contributed by atoms with van der Waals surface area (Å²) in [5, 5.41) is 0. The Bertz CT molecular complexity index is 357. The summed E-state index contributed by atoms with van der Waals surface area (Å²) >= 11 is 0. The van der Waals surface area contributed by atoms with E-state index in [2.05, 4.69) is 37.8 Å². The Morgan fingerprint density at radius 2 is 1.41 bits per heavy atom. The van der Waals surface area contributed by atoms with Crippen molar-refractivity contribution in [3.8, 4) is 0 Å². The average molecular weight is 303 g/mol. The summed E-state index contributed by atoms with van der Waals surface area (Å²) in [6.07, 6.45) is 15.5. The van der Waals surface area contributed by atoms with Crippen molar-refractivity contribution in [2.24, 2.45) is 0 Å². The zero-order valence-corrected chi connectivity index (χ0v) is 14.4. The van der Waals surface area contributed by atoms with Gasteiger partial charge in [-0.2, -0.15) is 0 Å². The molecule has 0 amide bonds. The quantitative estimate of drug-likeness (QED) is 0.270. The van der Waals surface area contributed by atoms with Crippen molar-refractivity contribution in [2.75, 3.05) is 6.61 Å². The van der Waals surface area contributed by atoms with Crippen molar-refractivity contribution in [3.63, 3.8) is 0 Å². The molecule has 0 heterocycles. The predicted molar refractivity (Wildman–Crippen MR) is 97.2 cm³/mol. The summed E-state index contributed by atoms with van der Waals surface area (Å²) in [4.78, 5) is 0. The van der Waals surface area contributed by atoms with Gasteiger partial charge in [-0.1, -0.05) is 101 Å². The number of unbranched alkanes of at least 4 members (excludes halogenated alkanes) is 9. The van der Waals surface area contributed by atoms with Crippen LogP contribution >= 0.6 is 0 Å². The molecule has 1 nitrogen and oxygen atoms in total. The van der Waals surface area contributed by atoms with Crippen LogP contribution in [-0.2, 0) is 4.74 Å². The molecule has 0 radical (unpaired) electrons. The van der Waals surface area contributed by atoms with Gasteiger partial charge in [-0.25, -0.2) is 0 Å². The van der Waals surface area contributed by atoms with Crippen LogP contribution in [0.25, 0.3) is 0 Å². The fourth-order valence-corrected chi connectivity index (χ4v) is 2.74. The minimum Gasteiger partial charge on any atom is -0.369 e. The highest BCUT2D eigenvalue weighted by Crippen LogP contribution is 2.18. The van der Waals surface area contributed by atoms with Gasteiger partial charge in [0.1, 0.15) is 6.10 Å². The van der Waals surface area contributed by atoms with Gasteiger partial charge in [0.15, 0.2) is 0 Å². The number of rotatable bonds is 14. The molecule has 124 valence electrons. The fourth-order valence-electron chi connectivity index (χ4n) is 2.74. The van der Waals surface area contributed by atoms with E-state index in [-0.39, 0.29) is 6.10 Å². The Balaban J connectivity index is 1.95. The maximum Gasteiger partial charge on any atom is 0.100 e. The minimum atomic E-state index is 0.0414. The molecule has 0 aliphatic rings. The van der Waals surface area contributed by atoms with E-state index in [1.165, 1.54) is 63.4 Å². The molecule has 0 fully saturated rings. The molecule has 22 heavy (non-hydrogen) atoms. The first-order valence-electron chi connectivity index (χ1n) is 9.17. The summed E-state index contributed by atoms with van der Waals surface area (Å²) in [7, 11) is 0. The molecular formula is C21H34O. The zero-order chi connectivity index (χ0) is 15.9. The van der Waals surface area contributed by atoms with Crippen molar-refractivity contribution in [3.05, 3.63) is 48.6 Å². The van der Waals surface area contributed by atoms with Gasteiger partial charge in [-0.3, -0.25) is 0 Å². The predicted octanol–water partition coefficient (Wildman–Crippen LogP) is 6.85. The smallest absolute Gasteiger partial charge is 0.100 e. The average Bonchev–Trinajstić information content (AvgIpc) is 2.57. The third-order valence-corrected chi connectivity index (χ3v) is 4.14. The standard InChI is InChI=1S/C21H34O/c1-3-5-6-7-8-9-10-11-12-16-19-22-21(4-2)20-17-14-13-15-18-20/h4,13-15,17-18,21H,2-3,5-12,16,19H2,1H3. The maximum atomic E-state index is 5.93. The topological polar surface area (TPSA) is 9.23 Å². The zero-order valence-electron chi connectivity index (χ0n) is 14.4. The highest BCUT2D eigenvalue weighted by molar-refractivity contribution is 5.20. The van der Waals surface area contributed by atoms with Gasteiger partial charge in [0.2, 0.25) is 0 Å². The van der Waals surface area contributed by atoms with Crippen LogP contribution in [0.4, 0.5) is 0 Å². The van der Waals surface area contributed by atoms with E-state index in [9.17, 15) is 0 Å². The molecule has 0 bridgehead atoms. The summed E-state index contributed by atoms with van der Waals surface area (Å²) in [5.41, 5.74) is 1.20. The van der Waals surface area contributed by atoms with Crippen LogP contribution in [0.1, 0.15) is 82.8 Å². The molecule has 0 saturated carbocycles. The second-order valence-electron chi connectivity index (χ2n) is 6.12. The molecule has 0 aliphatic heterocycles. The second kappa shape index (κ2) is 13.6. The van der Waals surface area contributed by atoms with Crippen molar-refractivity contribution >= 4 is 0 Å². The Kier molecular flexibility index (Phi) is 11.7.